The standard InChI is InChI=1S/C15H25BN2O3/c1-12-10-18(11-15(12)17(2)3)8-9-21-14-6-4-13(5-7-14)16(19)20/h4-7,12,15,19-20H,8-11H2,1-3H3. The van der Waals surface area contributed by atoms with Gasteiger partial charge < -0.3 is 19.7 Å². The fourth-order valence-electron chi connectivity index (χ4n) is 2.93. The maximum Gasteiger partial charge on any atom is 0.488 e. The highest BCUT2D eigenvalue weighted by Gasteiger charge is 2.30. The van der Waals surface area contributed by atoms with Gasteiger partial charge in [-0.15, -0.1) is 0 Å². The Kier molecular flexibility index (Phi) is 5.64. The molecule has 1 aliphatic rings. The highest BCUT2D eigenvalue weighted by Crippen LogP contribution is 2.19. The summed E-state index contributed by atoms with van der Waals surface area (Å²) in [5.41, 5.74) is 0.476. The molecule has 0 amide bonds. The summed E-state index contributed by atoms with van der Waals surface area (Å²) in [5, 5.41) is 18.1. The van der Waals surface area contributed by atoms with Crippen molar-refractivity contribution in [1.29, 1.82) is 0 Å². The molecule has 1 heterocycles. The second kappa shape index (κ2) is 7.27. The highest BCUT2D eigenvalue weighted by molar-refractivity contribution is 6.58. The van der Waals surface area contributed by atoms with Crippen molar-refractivity contribution in [2.75, 3.05) is 40.3 Å². The lowest BCUT2D eigenvalue weighted by Gasteiger charge is -2.22. The lowest BCUT2D eigenvalue weighted by molar-refractivity contribution is 0.220. The third-order valence-corrected chi connectivity index (χ3v) is 4.17. The fourth-order valence-corrected chi connectivity index (χ4v) is 2.93. The smallest absolute Gasteiger partial charge is 0.488 e. The summed E-state index contributed by atoms with van der Waals surface area (Å²) in [4.78, 5) is 4.73. The zero-order valence-corrected chi connectivity index (χ0v) is 13.1. The van der Waals surface area contributed by atoms with Crippen LogP contribution in [-0.4, -0.2) is 73.3 Å². The molecule has 0 saturated carbocycles. The van der Waals surface area contributed by atoms with E-state index in [-0.39, 0.29) is 0 Å². The molecule has 6 heteroatoms. The Hall–Kier alpha value is -1.08. The highest BCUT2D eigenvalue weighted by atomic mass is 16.5. The quantitative estimate of drug-likeness (QED) is 0.701. The first-order valence-corrected chi connectivity index (χ1v) is 7.45. The van der Waals surface area contributed by atoms with Gasteiger partial charge in [0, 0.05) is 25.7 Å². The number of benzene rings is 1. The van der Waals surface area contributed by atoms with E-state index in [1.165, 1.54) is 0 Å². The molecule has 1 aromatic rings. The number of rotatable bonds is 6. The summed E-state index contributed by atoms with van der Waals surface area (Å²) in [6, 6.07) is 7.49. The zero-order valence-electron chi connectivity index (χ0n) is 13.1. The molecule has 0 radical (unpaired) electrons. The molecule has 0 aliphatic carbocycles. The first kappa shape index (κ1) is 16.3. The first-order chi connectivity index (χ1) is 9.97. The van der Waals surface area contributed by atoms with Crippen LogP contribution in [-0.2, 0) is 0 Å². The Morgan fingerprint density at radius 1 is 1.24 bits per heavy atom. The molecule has 2 atom stereocenters. The van der Waals surface area contributed by atoms with Gasteiger partial charge in [0.05, 0.1) is 0 Å². The Morgan fingerprint density at radius 2 is 1.90 bits per heavy atom. The van der Waals surface area contributed by atoms with Crippen LogP contribution in [0.1, 0.15) is 6.92 Å². The van der Waals surface area contributed by atoms with Crippen LogP contribution < -0.4 is 10.2 Å². The van der Waals surface area contributed by atoms with Crippen molar-refractivity contribution >= 4 is 12.6 Å². The van der Waals surface area contributed by atoms with Crippen molar-refractivity contribution in [3.05, 3.63) is 24.3 Å². The van der Waals surface area contributed by atoms with Crippen LogP contribution in [0.5, 0.6) is 5.75 Å². The van der Waals surface area contributed by atoms with Gasteiger partial charge in [-0.25, -0.2) is 0 Å². The van der Waals surface area contributed by atoms with E-state index in [9.17, 15) is 0 Å². The van der Waals surface area contributed by atoms with Crippen molar-refractivity contribution in [1.82, 2.24) is 9.80 Å². The first-order valence-electron chi connectivity index (χ1n) is 7.45. The maximum absolute atomic E-state index is 9.03. The molecule has 1 fully saturated rings. The average molecular weight is 292 g/mol. The van der Waals surface area contributed by atoms with E-state index in [1.54, 1.807) is 24.3 Å². The number of ether oxygens (including phenoxy) is 1. The number of nitrogens with zero attached hydrogens (tertiary/aromatic N) is 2. The van der Waals surface area contributed by atoms with Crippen molar-refractivity contribution in [3.63, 3.8) is 0 Å². The summed E-state index contributed by atoms with van der Waals surface area (Å²) in [6.07, 6.45) is 0. The lowest BCUT2D eigenvalue weighted by Crippen LogP contribution is -2.35. The van der Waals surface area contributed by atoms with Crippen molar-refractivity contribution < 1.29 is 14.8 Å². The van der Waals surface area contributed by atoms with Gasteiger partial charge in [0.25, 0.3) is 0 Å². The summed E-state index contributed by atoms with van der Waals surface area (Å²) < 4.78 is 5.72. The van der Waals surface area contributed by atoms with Crippen LogP contribution >= 0.6 is 0 Å². The van der Waals surface area contributed by atoms with Gasteiger partial charge in [-0.2, -0.15) is 0 Å². The van der Waals surface area contributed by atoms with Gasteiger partial charge in [-0.1, -0.05) is 19.1 Å². The molecule has 0 bridgehead atoms. The molecule has 21 heavy (non-hydrogen) atoms. The maximum atomic E-state index is 9.03. The average Bonchev–Trinajstić information content (AvgIpc) is 2.80. The summed E-state index contributed by atoms with van der Waals surface area (Å²) in [7, 11) is 2.85. The van der Waals surface area contributed by atoms with Crippen molar-refractivity contribution in [2.24, 2.45) is 5.92 Å². The molecule has 1 aliphatic heterocycles. The van der Waals surface area contributed by atoms with Crippen molar-refractivity contribution in [3.8, 4) is 5.75 Å². The molecule has 0 spiro atoms. The largest absolute Gasteiger partial charge is 0.492 e. The molecule has 5 nitrogen and oxygen atoms in total. The van der Waals surface area contributed by atoms with Gasteiger partial charge in [0.1, 0.15) is 12.4 Å². The van der Waals surface area contributed by atoms with Gasteiger partial charge in [0.2, 0.25) is 0 Å². The van der Waals surface area contributed by atoms with Crippen LogP contribution in [0.3, 0.4) is 0 Å². The van der Waals surface area contributed by atoms with Crippen LogP contribution in [0, 0.1) is 5.92 Å². The van der Waals surface area contributed by atoms with E-state index in [0.29, 0.717) is 24.0 Å². The Morgan fingerprint density at radius 3 is 2.43 bits per heavy atom. The van der Waals surface area contributed by atoms with E-state index in [2.05, 4.69) is 30.8 Å². The number of hydrogen-bond acceptors (Lipinski definition) is 5. The minimum atomic E-state index is -1.42. The van der Waals surface area contributed by atoms with Gasteiger partial charge in [0.15, 0.2) is 0 Å². The van der Waals surface area contributed by atoms with E-state index >= 15 is 0 Å². The number of likely N-dealkylation sites (N-methyl/N-ethyl adjacent to an activating group) is 1. The summed E-state index contributed by atoms with van der Waals surface area (Å²) in [6.45, 7) is 6.06. The third-order valence-electron chi connectivity index (χ3n) is 4.17. The predicted molar refractivity (Wildman–Crippen MR) is 84.8 cm³/mol. The topological polar surface area (TPSA) is 56.2 Å². The minimum Gasteiger partial charge on any atom is -0.492 e. The number of hydrogen-bond donors (Lipinski definition) is 2. The Labute approximate surface area is 127 Å². The van der Waals surface area contributed by atoms with E-state index in [0.717, 1.165) is 25.4 Å². The lowest BCUT2D eigenvalue weighted by atomic mass is 9.80. The summed E-state index contributed by atoms with van der Waals surface area (Å²) in [5.74, 6) is 1.45. The molecule has 2 unspecified atom stereocenters. The van der Waals surface area contributed by atoms with E-state index in [1.807, 2.05) is 0 Å². The second-order valence-electron chi connectivity index (χ2n) is 6.06. The molecule has 1 aromatic carbocycles. The molecule has 2 rings (SSSR count). The normalized spacial score (nSPS) is 22.8. The Bertz CT molecular complexity index is 439. The molecular weight excluding hydrogens is 267 g/mol. The fraction of sp³-hybridized carbons (Fsp3) is 0.600. The van der Waals surface area contributed by atoms with E-state index in [4.69, 9.17) is 14.8 Å². The molecule has 2 N–H and O–H groups in total. The SMILES string of the molecule is CC1CN(CCOc2ccc(B(O)O)cc2)CC1N(C)C. The monoisotopic (exact) mass is 292 g/mol. The van der Waals surface area contributed by atoms with Gasteiger partial charge >= 0.3 is 7.12 Å². The second-order valence-corrected chi connectivity index (χ2v) is 6.06. The summed E-state index contributed by atoms with van der Waals surface area (Å²) >= 11 is 0. The molecular formula is C15H25BN2O3. The minimum absolute atomic E-state index is 0.476. The van der Waals surface area contributed by atoms with Crippen LogP contribution in [0.25, 0.3) is 0 Å². The Balaban J connectivity index is 1.75. The number of likely N-dealkylation sites (tertiary alicyclic amines) is 1. The van der Waals surface area contributed by atoms with Crippen molar-refractivity contribution in [2.45, 2.75) is 13.0 Å². The molecule has 1 saturated heterocycles. The van der Waals surface area contributed by atoms with Crippen LogP contribution in [0.15, 0.2) is 24.3 Å². The van der Waals surface area contributed by atoms with Gasteiger partial charge in [-0.05, 0) is 37.6 Å². The third kappa shape index (κ3) is 4.44. The zero-order chi connectivity index (χ0) is 15.4. The predicted octanol–water partition coefficient (Wildman–Crippen LogP) is -0.373. The molecule has 116 valence electrons. The van der Waals surface area contributed by atoms with Crippen LogP contribution in [0.2, 0.25) is 0 Å². The van der Waals surface area contributed by atoms with Gasteiger partial charge in [-0.3, -0.25) is 4.90 Å². The van der Waals surface area contributed by atoms with E-state index < -0.39 is 7.12 Å². The van der Waals surface area contributed by atoms with Crippen LogP contribution in [0.4, 0.5) is 0 Å². The molecule has 0 aromatic heterocycles.